The van der Waals surface area contributed by atoms with Gasteiger partial charge in [0.25, 0.3) is 0 Å². The van der Waals surface area contributed by atoms with Crippen LogP contribution >= 0.6 is 0 Å². The van der Waals surface area contributed by atoms with Gasteiger partial charge in [-0.15, -0.1) is 0 Å². The summed E-state index contributed by atoms with van der Waals surface area (Å²) in [5.74, 6) is 0.684. The van der Waals surface area contributed by atoms with Crippen LogP contribution in [0, 0.1) is 0 Å². The molecule has 6 heteroatoms. The quantitative estimate of drug-likeness (QED) is 0.741. The summed E-state index contributed by atoms with van der Waals surface area (Å²) in [5.41, 5.74) is 5.54. The summed E-state index contributed by atoms with van der Waals surface area (Å²) in [6.45, 7) is -2.84. The van der Waals surface area contributed by atoms with E-state index in [9.17, 15) is 8.78 Å². The van der Waals surface area contributed by atoms with Gasteiger partial charge >= 0.3 is 6.61 Å². The third-order valence-corrected chi connectivity index (χ3v) is 1.72. The summed E-state index contributed by atoms with van der Waals surface area (Å²) in [6.07, 6.45) is 0. The molecule has 0 saturated heterocycles. The Kier molecular flexibility index (Phi) is 2.03. The van der Waals surface area contributed by atoms with Gasteiger partial charge in [0, 0.05) is 12.1 Å². The topological polar surface area (TPSA) is 53.7 Å². The number of nitrogens with two attached hydrogens (primary N) is 1. The van der Waals surface area contributed by atoms with Gasteiger partial charge in [0.1, 0.15) is 0 Å². The van der Waals surface area contributed by atoms with Crippen LogP contribution < -0.4 is 19.9 Å². The SMILES string of the molecule is Nc1cc2c(cc1OC(F)F)OCO2. The van der Waals surface area contributed by atoms with Crippen molar-refractivity contribution in [2.45, 2.75) is 6.61 Å². The fourth-order valence-corrected chi connectivity index (χ4v) is 1.14. The summed E-state index contributed by atoms with van der Waals surface area (Å²) < 4.78 is 37.9. The Hall–Kier alpha value is -1.72. The Morgan fingerprint density at radius 2 is 1.93 bits per heavy atom. The van der Waals surface area contributed by atoms with Crippen molar-refractivity contribution in [1.82, 2.24) is 0 Å². The van der Waals surface area contributed by atoms with Gasteiger partial charge < -0.3 is 19.9 Å². The molecule has 0 aromatic heterocycles. The number of hydrogen-bond acceptors (Lipinski definition) is 4. The average Bonchev–Trinajstić information content (AvgIpc) is 2.51. The maximum absolute atomic E-state index is 11.9. The number of fused-ring (bicyclic) bond motifs is 1. The third-order valence-electron chi connectivity index (χ3n) is 1.72. The number of anilines is 1. The Labute approximate surface area is 78.2 Å². The molecular formula is C8H7F2NO3. The maximum atomic E-state index is 11.9. The van der Waals surface area contributed by atoms with Crippen molar-refractivity contribution < 1.29 is 23.0 Å². The number of benzene rings is 1. The zero-order valence-electron chi connectivity index (χ0n) is 7.00. The monoisotopic (exact) mass is 203 g/mol. The van der Waals surface area contributed by atoms with Gasteiger partial charge in [0.05, 0.1) is 5.69 Å². The van der Waals surface area contributed by atoms with Crippen molar-refractivity contribution in [2.75, 3.05) is 12.5 Å². The lowest BCUT2D eigenvalue weighted by Crippen LogP contribution is -2.04. The van der Waals surface area contributed by atoms with Gasteiger partial charge in [-0.05, 0) is 0 Å². The fraction of sp³-hybridized carbons (Fsp3) is 0.250. The van der Waals surface area contributed by atoms with Crippen LogP contribution in [0.5, 0.6) is 17.2 Å². The molecule has 14 heavy (non-hydrogen) atoms. The zero-order valence-corrected chi connectivity index (χ0v) is 7.00. The predicted octanol–water partition coefficient (Wildman–Crippen LogP) is 1.60. The molecular weight excluding hydrogens is 196 g/mol. The summed E-state index contributed by atoms with van der Waals surface area (Å²) in [6, 6.07) is 2.67. The molecule has 1 aromatic carbocycles. The fourth-order valence-electron chi connectivity index (χ4n) is 1.14. The number of rotatable bonds is 2. The molecule has 0 aliphatic carbocycles. The lowest BCUT2D eigenvalue weighted by molar-refractivity contribution is -0.0493. The Morgan fingerprint density at radius 3 is 2.57 bits per heavy atom. The molecule has 0 atom stereocenters. The van der Waals surface area contributed by atoms with Crippen LogP contribution in [0.4, 0.5) is 14.5 Å². The lowest BCUT2D eigenvalue weighted by Gasteiger charge is -2.07. The van der Waals surface area contributed by atoms with Crippen LogP contribution in [0.15, 0.2) is 12.1 Å². The highest BCUT2D eigenvalue weighted by Gasteiger charge is 2.18. The number of hydrogen-bond donors (Lipinski definition) is 1. The summed E-state index contributed by atoms with van der Waals surface area (Å²) in [7, 11) is 0. The Morgan fingerprint density at radius 1 is 1.29 bits per heavy atom. The van der Waals surface area contributed by atoms with E-state index in [1.165, 1.54) is 12.1 Å². The van der Waals surface area contributed by atoms with Gasteiger partial charge in [-0.25, -0.2) is 0 Å². The second-order valence-corrected chi connectivity index (χ2v) is 2.62. The summed E-state index contributed by atoms with van der Waals surface area (Å²) in [4.78, 5) is 0. The third kappa shape index (κ3) is 1.50. The molecule has 0 amide bonds. The number of halogens is 2. The second kappa shape index (κ2) is 3.21. The van der Waals surface area contributed by atoms with E-state index in [2.05, 4.69) is 4.74 Å². The first-order chi connectivity index (χ1) is 6.66. The summed E-state index contributed by atoms with van der Waals surface area (Å²) >= 11 is 0. The van der Waals surface area contributed by atoms with Gasteiger partial charge in [0.15, 0.2) is 17.2 Å². The number of alkyl halides is 2. The highest BCUT2D eigenvalue weighted by atomic mass is 19.3. The molecule has 0 spiro atoms. The van der Waals surface area contributed by atoms with E-state index in [4.69, 9.17) is 15.2 Å². The van der Waals surface area contributed by atoms with Crippen LogP contribution in [-0.2, 0) is 0 Å². The lowest BCUT2D eigenvalue weighted by atomic mass is 10.2. The van der Waals surface area contributed by atoms with Gasteiger partial charge in [-0.2, -0.15) is 8.78 Å². The molecule has 1 heterocycles. The van der Waals surface area contributed by atoms with Crippen LogP contribution in [-0.4, -0.2) is 13.4 Å². The highest BCUT2D eigenvalue weighted by molar-refractivity contribution is 5.62. The molecule has 2 rings (SSSR count). The minimum atomic E-state index is -2.90. The van der Waals surface area contributed by atoms with Crippen LogP contribution in [0.3, 0.4) is 0 Å². The normalized spacial score (nSPS) is 13.4. The molecule has 2 N–H and O–H groups in total. The standard InChI is InChI=1S/C8H7F2NO3/c9-8(10)14-5-2-7-6(1-4(5)11)12-3-13-7/h1-2,8H,3,11H2. The number of nitrogen functional groups attached to an aromatic ring is 1. The van der Waals surface area contributed by atoms with E-state index in [1.54, 1.807) is 0 Å². The second-order valence-electron chi connectivity index (χ2n) is 2.62. The van der Waals surface area contributed by atoms with Crippen molar-refractivity contribution >= 4 is 5.69 Å². The highest BCUT2D eigenvalue weighted by Crippen LogP contribution is 2.39. The smallest absolute Gasteiger partial charge is 0.387 e. The first-order valence-electron chi connectivity index (χ1n) is 3.81. The molecule has 0 saturated carbocycles. The zero-order chi connectivity index (χ0) is 10.1. The molecule has 4 nitrogen and oxygen atoms in total. The average molecular weight is 203 g/mol. The molecule has 0 fully saturated rings. The van der Waals surface area contributed by atoms with Crippen LogP contribution in [0.25, 0.3) is 0 Å². The van der Waals surface area contributed by atoms with E-state index in [1.807, 2.05) is 0 Å². The van der Waals surface area contributed by atoms with E-state index in [0.717, 1.165) is 0 Å². The van der Waals surface area contributed by atoms with E-state index in [0.29, 0.717) is 11.5 Å². The maximum Gasteiger partial charge on any atom is 0.387 e. The van der Waals surface area contributed by atoms with Crippen molar-refractivity contribution in [1.29, 1.82) is 0 Å². The molecule has 1 aliphatic rings. The van der Waals surface area contributed by atoms with Crippen molar-refractivity contribution in [2.24, 2.45) is 0 Å². The first-order valence-corrected chi connectivity index (χ1v) is 3.81. The molecule has 1 aliphatic heterocycles. The Bertz CT molecular complexity index is 357. The van der Waals surface area contributed by atoms with Crippen molar-refractivity contribution in [3.63, 3.8) is 0 Å². The first kappa shape index (κ1) is 8.86. The molecule has 1 aromatic rings. The van der Waals surface area contributed by atoms with Gasteiger partial charge in [-0.3, -0.25) is 0 Å². The van der Waals surface area contributed by atoms with E-state index in [-0.39, 0.29) is 18.2 Å². The van der Waals surface area contributed by atoms with Gasteiger partial charge in [0.2, 0.25) is 6.79 Å². The largest absolute Gasteiger partial charge is 0.454 e. The predicted molar refractivity (Wildman–Crippen MR) is 43.6 cm³/mol. The molecule has 0 bridgehead atoms. The van der Waals surface area contributed by atoms with Crippen LogP contribution in [0.2, 0.25) is 0 Å². The van der Waals surface area contributed by atoms with E-state index < -0.39 is 6.61 Å². The van der Waals surface area contributed by atoms with Crippen molar-refractivity contribution in [3.05, 3.63) is 12.1 Å². The Balaban J connectivity index is 2.32. The minimum Gasteiger partial charge on any atom is -0.454 e. The molecule has 0 unspecified atom stereocenters. The number of ether oxygens (including phenoxy) is 3. The minimum absolute atomic E-state index is 0.0624. The van der Waals surface area contributed by atoms with Gasteiger partial charge in [-0.1, -0.05) is 0 Å². The van der Waals surface area contributed by atoms with Crippen molar-refractivity contribution in [3.8, 4) is 17.2 Å². The molecule has 76 valence electrons. The molecule has 0 radical (unpaired) electrons. The summed E-state index contributed by atoms with van der Waals surface area (Å²) in [5, 5.41) is 0. The van der Waals surface area contributed by atoms with Crippen LogP contribution in [0.1, 0.15) is 0 Å². The van der Waals surface area contributed by atoms with E-state index >= 15 is 0 Å².